The molecule has 2 amide bonds. The standard InChI is InChI=1S/2C7H11NO/c1-3-8-5-6(2)4-7(8)9;1-2-5-8-6-3-4-7(8)9/h3,6H,1,4-5H2,2H3;2,5H,3-4,6H2,1H3/b;5-2+. The molecule has 2 heterocycles. The van der Waals surface area contributed by atoms with Crippen LogP contribution < -0.4 is 0 Å². The van der Waals surface area contributed by atoms with Crippen LogP contribution in [0.1, 0.15) is 33.1 Å². The van der Waals surface area contributed by atoms with Crippen molar-refractivity contribution in [2.24, 2.45) is 5.92 Å². The molecule has 2 saturated heterocycles. The summed E-state index contributed by atoms with van der Waals surface area (Å²) < 4.78 is 0. The lowest BCUT2D eigenvalue weighted by molar-refractivity contribution is -0.126. The Morgan fingerprint density at radius 2 is 2.00 bits per heavy atom. The molecule has 0 aliphatic carbocycles. The van der Waals surface area contributed by atoms with Crippen molar-refractivity contribution in [2.45, 2.75) is 33.1 Å². The molecular weight excluding hydrogens is 228 g/mol. The number of hydrogen-bond donors (Lipinski definition) is 0. The summed E-state index contributed by atoms with van der Waals surface area (Å²) in [6, 6.07) is 0. The minimum absolute atomic E-state index is 0.206. The molecule has 0 aromatic heterocycles. The Labute approximate surface area is 109 Å². The highest BCUT2D eigenvalue weighted by molar-refractivity contribution is 5.79. The molecule has 100 valence electrons. The topological polar surface area (TPSA) is 40.6 Å². The molecule has 2 aliphatic heterocycles. The van der Waals surface area contributed by atoms with Crippen molar-refractivity contribution < 1.29 is 9.59 Å². The van der Waals surface area contributed by atoms with Crippen molar-refractivity contribution in [3.8, 4) is 0 Å². The summed E-state index contributed by atoms with van der Waals surface area (Å²) in [7, 11) is 0. The van der Waals surface area contributed by atoms with Crippen molar-refractivity contribution >= 4 is 11.8 Å². The van der Waals surface area contributed by atoms with E-state index in [1.807, 2.05) is 19.2 Å². The quantitative estimate of drug-likeness (QED) is 0.753. The van der Waals surface area contributed by atoms with Gasteiger partial charge in [-0.05, 0) is 25.5 Å². The van der Waals surface area contributed by atoms with Gasteiger partial charge in [-0.25, -0.2) is 0 Å². The lowest BCUT2D eigenvalue weighted by atomic mass is 10.2. The predicted molar refractivity (Wildman–Crippen MR) is 71.5 cm³/mol. The Morgan fingerprint density at radius 3 is 2.33 bits per heavy atom. The fourth-order valence-electron chi connectivity index (χ4n) is 2.10. The van der Waals surface area contributed by atoms with Gasteiger partial charge in [0.25, 0.3) is 0 Å². The summed E-state index contributed by atoms with van der Waals surface area (Å²) in [5, 5.41) is 0. The van der Waals surface area contributed by atoms with Crippen LogP contribution in [-0.2, 0) is 9.59 Å². The number of carbonyl (C=O) groups excluding carboxylic acids is 2. The van der Waals surface area contributed by atoms with Gasteiger partial charge in [-0.2, -0.15) is 0 Å². The summed E-state index contributed by atoms with van der Waals surface area (Å²) in [4.78, 5) is 25.1. The fraction of sp³-hybridized carbons (Fsp3) is 0.571. The first-order chi connectivity index (χ1) is 8.58. The van der Waals surface area contributed by atoms with Crippen LogP contribution in [0, 0.1) is 5.92 Å². The highest BCUT2D eigenvalue weighted by Gasteiger charge is 2.23. The van der Waals surface area contributed by atoms with Gasteiger partial charge in [-0.3, -0.25) is 9.59 Å². The third kappa shape index (κ3) is 4.02. The molecule has 2 fully saturated rings. The van der Waals surface area contributed by atoms with Crippen LogP contribution in [0.2, 0.25) is 0 Å². The van der Waals surface area contributed by atoms with Crippen LogP contribution in [-0.4, -0.2) is 34.7 Å². The molecule has 18 heavy (non-hydrogen) atoms. The first-order valence-corrected chi connectivity index (χ1v) is 6.42. The van der Waals surface area contributed by atoms with Crippen molar-refractivity contribution in [1.82, 2.24) is 9.80 Å². The Bertz CT molecular complexity index is 350. The van der Waals surface area contributed by atoms with E-state index in [1.165, 1.54) is 0 Å². The average Bonchev–Trinajstić information content (AvgIpc) is 2.87. The van der Waals surface area contributed by atoms with E-state index in [2.05, 4.69) is 13.5 Å². The number of allylic oxidation sites excluding steroid dienone is 1. The van der Waals surface area contributed by atoms with Crippen LogP contribution >= 0.6 is 0 Å². The average molecular weight is 250 g/mol. The molecule has 0 bridgehead atoms. The van der Waals surface area contributed by atoms with Gasteiger partial charge in [0.2, 0.25) is 11.8 Å². The Hall–Kier alpha value is -1.58. The number of amides is 2. The molecule has 0 N–H and O–H groups in total. The van der Waals surface area contributed by atoms with E-state index in [0.717, 1.165) is 25.9 Å². The molecule has 0 radical (unpaired) electrons. The lowest BCUT2D eigenvalue weighted by Crippen LogP contribution is -2.17. The third-order valence-corrected chi connectivity index (χ3v) is 3.01. The van der Waals surface area contributed by atoms with Crippen molar-refractivity contribution in [3.05, 3.63) is 25.1 Å². The molecule has 0 aromatic carbocycles. The van der Waals surface area contributed by atoms with Crippen LogP contribution in [0.15, 0.2) is 25.1 Å². The SMILES string of the molecule is C/C=C/N1CCCC1=O.C=CN1CC(C)CC1=O. The number of likely N-dealkylation sites (tertiary alicyclic amines) is 2. The zero-order valence-electron chi connectivity index (χ0n) is 11.3. The van der Waals surface area contributed by atoms with Crippen molar-refractivity contribution in [2.75, 3.05) is 13.1 Å². The number of nitrogens with zero attached hydrogens (tertiary/aromatic N) is 2. The Balaban J connectivity index is 0.000000180. The molecule has 4 nitrogen and oxygen atoms in total. The number of hydrogen-bond acceptors (Lipinski definition) is 2. The number of carbonyl (C=O) groups is 2. The minimum Gasteiger partial charge on any atom is -0.319 e. The molecule has 1 atom stereocenters. The van der Waals surface area contributed by atoms with Crippen LogP contribution in [0.3, 0.4) is 0 Å². The van der Waals surface area contributed by atoms with Gasteiger partial charge in [0.05, 0.1) is 0 Å². The van der Waals surface area contributed by atoms with E-state index in [0.29, 0.717) is 12.3 Å². The summed E-state index contributed by atoms with van der Waals surface area (Å²) in [5.41, 5.74) is 0. The molecule has 2 aliphatic rings. The van der Waals surface area contributed by atoms with Gasteiger partial charge >= 0.3 is 0 Å². The third-order valence-electron chi connectivity index (χ3n) is 3.01. The lowest BCUT2D eigenvalue weighted by Gasteiger charge is -2.06. The monoisotopic (exact) mass is 250 g/mol. The van der Waals surface area contributed by atoms with Gasteiger partial charge in [-0.15, -0.1) is 0 Å². The fourth-order valence-corrected chi connectivity index (χ4v) is 2.10. The van der Waals surface area contributed by atoms with E-state index in [1.54, 1.807) is 16.0 Å². The van der Waals surface area contributed by atoms with Gasteiger partial charge in [0.1, 0.15) is 0 Å². The van der Waals surface area contributed by atoms with Crippen LogP contribution in [0.5, 0.6) is 0 Å². The van der Waals surface area contributed by atoms with E-state index >= 15 is 0 Å². The maximum atomic E-state index is 10.9. The summed E-state index contributed by atoms with van der Waals surface area (Å²) in [6.45, 7) is 9.28. The number of rotatable bonds is 2. The molecule has 2 rings (SSSR count). The summed E-state index contributed by atoms with van der Waals surface area (Å²) >= 11 is 0. The predicted octanol–water partition coefficient (Wildman–Crippen LogP) is 2.14. The van der Waals surface area contributed by atoms with E-state index in [-0.39, 0.29) is 11.8 Å². The largest absolute Gasteiger partial charge is 0.319 e. The second-order valence-corrected chi connectivity index (χ2v) is 4.71. The highest BCUT2D eigenvalue weighted by Crippen LogP contribution is 2.15. The molecule has 0 spiro atoms. The van der Waals surface area contributed by atoms with Crippen molar-refractivity contribution in [3.63, 3.8) is 0 Å². The molecular formula is C14H22N2O2. The van der Waals surface area contributed by atoms with Crippen molar-refractivity contribution in [1.29, 1.82) is 0 Å². The second-order valence-electron chi connectivity index (χ2n) is 4.71. The second kappa shape index (κ2) is 6.99. The zero-order chi connectivity index (χ0) is 13.5. The first kappa shape index (κ1) is 14.5. The van der Waals surface area contributed by atoms with Gasteiger partial charge in [-0.1, -0.05) is 19.6 Å². The zero-order valence-corrected chi connectivity index (χ0v) is 11.3. The van der Waals surface area contributed by atoms with Crippen LogP contribution in [0.25, 0.3) is 0 Å². The highest BCUT2D eigenvalue weighted by atomic mass is 16.2. The normalized spacial score (nSPS) is 23.6. The van der Waals surface area contributed by atoms with E-state index in [4.69, 9.17) is 0 Å². The maximum absolute atomic E-state index is 10.9. The Kier molecular flexibility index (Phi) is 5.62. The summed E-state index contributed by atoms with van der Waals surface area (Å²) in [6.07, 6.45) is 7.77. The minimum atomic E-state index is 0.206. The molecule has 1 unspecified atom stereocenters. The Morgan fingerprint density at radius 1 is 1.28 bits per heavy atom. The van der Waals surface area contributed by atoms with E-state index in [9.17, 15) is 9.59 Å². The summed E-state index contributed by atoms with van der Waals surface area (Å²) in [5.74, 6) is 0.973. The van der Waals surface area contributed by atoms with Gasteiger partial charge < -0.3 is 9.80 Å². The van der Waals surface area contributed by atoms with Crippen LogP contribution in [0.4, 0.5) is 0 Å². The molecule has 4 heteroatoms. The smallest absolute Gasteiger partial charge is 0.226 e. The first-order valence-electron chi connectivity index (χ1n) is 6.42. The molecule has 0 aromatic rings. The maximum Gasteiger partial charge on any atom is 0.226 e. The van der Waals surface area contributed by atoms with Gasteiger partial charge in [0, 0.05) is 32.1 Å². The molecule has 0 saturated carbocycles. The van der Waals surface area contributed by atoms with E-state index < -0.39 is 0 Å². The van der Waals surface area contributed by atoms with Gasteiger partial charge in [0.15, 0.2) is 0 Å².